The zero-order valence-corrected chi connectivity index (χ0v) is 10.7. The van der Waals surface area contributed by atoms with Gasteiger partial charge in [0.25, 0.3) is 0 Å². The van der Waals surface area contributed by atoms with Crippen molar-refractivity contribution in [3.63, 3.8) is 0 Å². The number of ether oxygens (including phenoxy) is 1. The normalized spacial score (nSPS) is 27.9. The van der Waals surface area contributed by atoms with Crippen LogP contribution in [0.1, 0.15) is 39.0 Å². The molecule has 1 aliphatic carbocycles. The Labute approximate surface area is 96.6 Å². The summed E-state index contributed by atoms with van der Waals surface area (Å²) in [6, 6.07) is 0. The van der Waals surface area contributed by atoms with Crippen molar-refractivity contribution >= 4 is 19.7 Å². The second-order valence-electron chi connectivity index (χ2n) is 4.35. The summed E-state index contributed by atoms with van der Waals surface area (Å²) >= 11 is 0. The first-order chi connectivity index (χ1) is 6.97. The molecular weight excluding hydrogens is 236 g/mol. The van der Waals surface area contributed by atoms with Gasteiger partial charge in [0, 0.05) is 17.3 Å². The fourth-order valence-electron chi connectivity index (χ4n) is 1.88. The van der Waals surface area contributed by atoms with E-state index in [0.29, 0.717) is 19.1 Å². The van der Waals surface area contributed by atoms with Gasteiger partial charge in [-0.15, -0.1) is 0 Å². The summed E-state index contributed by atoms with van der Waals surface area (Å²) in [5.41, 5.74) is 0. The van der Waals surface area contributed by atoms with Crippen LogP contribution in [-0.4, -0.2) is 26.9 Å². The lowest BCUT2D eigenvalue weighted by Gasteiger charge is -2.26. The molecular formula is C10H19ClO3S. The van der Waals surface area contributed by atoms with Crippen molar-refractivity contribution in [1.29, 1.82) is 0 Å². The molecule has 0 heterocycles. The van der Waals surface area contributed by atoms with Crippen LogP contribution in [0, 0.1) is 5.92 Å². The van der Waals surface area contributed by atoms with Gasteiger partial charge in [0.15, 0.2) is 0 Å². The van der Waals surface area contributed by atoms with Crippen LogP contribution >= 0.6 is 10.7 Å². The molecule has 1 saturated carbocycles. The molecule has 0 bridgehead atoms. The molecule has 0 N–H and O–H groups in total. The first-order valence-electron chi connectivity index (χ1n) is 5.51. The largest absolute Gasteiger partial charge is 0.378 e. The minimum atomic E-state index is -3.34. The summed E-state index contributed by atoms with van der Waals surface area (Å²) in [5, 5.41) is 0. The summed E-state index contributed by atoms with van der Waals surface area (Å²) in [6.07, 6.45) is 5.48. The average Bonchev–Trinajstić information content (AvgIpc) is 2.14. The predicted molar refractivity (Wildman–Crippen MR) is 61.6 cm³/mol. The lowest BCUT2D eigenvalue weighted by atomic mass is 9.89. The highest BCUT2D eigenvalue weighted by molar-refractivity contribution is 8.13. The Kier molecular flexibility index (Phi) is 5.36. The number of hydrogen-bond donors (Lipinski definition) is 0. The molecule has 0 amide bonds. The van der Waals surface area contributed by atoms with Crippen LogP contribution in [-0.2, 0) is 13.8 Å². The smallest absolute Gasteiger partial charge is 0.232 e. The number of rotatable bonds is 5. The zero-order valence-electron chi connectivity index (χ0n) is 9.12. The molecule has 0 aromatic heterocycles. The molecule has 0 radical (unpaired) electrons. The molecule has 0 aromatic rings. The second-order valence-corrected chi connectivity index (χ2v) is 7.25. The molecule has 0 aliphatic heterocycles. The first kappa shape index (κ1) is 13.3. The van der Waals surface area contributed by atoms with Crippen LogP contribution in [0.5, 0.6) is 0 Å². The maximum atomic E-state index is 10.6. The molecule has 0 saturated heterocycles. The van der Waals surface area contributed by atoms with E-state index in [1.165, 1.54) is 12.8 Å². The second kappa shape index (κ2) is 6.06. The van der Waals surface area contributed by atoms with Crippen LogP contribution < -0.4 is 0 Å². The standard InChI is InChI=1S/C10H19ClO3S/c1-9-3-5-10(6-4-9)14-7-2-8-15(11,12)13/h9-10H,2-8H2,1H3. The van der Waals surface area contributed by atoms with Gasteiger partial charge in [-0.1, -0.05) is 6.92 Å². The van der Waals surface area contributed by atoms with Crippen LogP contribution in [0.25, 0.3) is 0 Å². The van der Waals surface area contributed by atoms with Crippen molar-refractivity contribution in [3.05, 3.63) is 0 Å². The third kappa shape index (κ3) is 6.38. The first-order valence-corrected chi connectivity index (χ1v) is 7.99. The summed E-state index contributed by atoms with van der Waals surface area (Å²) in [7, 11) is 1.75. The van der Waals surface area contributed by atoms with E-state index in [2.05, 4.69) is 6.92 Å². The molecule has 0 aromatic carbocycles. The Morgan fingerprint density at radius 2 is 1.87 bits per heavy atom. The van der Waals surface area contributed by atoms with Crippen molar-refractivity contribution in [3.8, 4) is 0 Å². The highest BCUT2D eigenvalue weighted by Crippen LogP contribution is 2.25. The highest BCUT2D eigenvalue weighted by Gasteiger charge is 2.18. The van der Waals surface area contributed by atoms with Gasteiger partial charge in [-0.25, -0.2) is 8.42 Å². The van der Waals surface area contributed by atoms with E-state index < -0.39 is 9.05 Å². The molecule has 3 nitrogen and oxygen atoms in total. The van der Waals surface area contributed by atoms with Crippen LogP contribution in [0.3, 0.4) is 0 Å². The van der Waals surface area contributed by atoms with E-state index in [1.807, 2.05) is 0 Å². The van der Waals surface area contributed by atoms with Gasteiger partial charge < -0.3 is 4.74 Å². The van der Waals surface area contributed by atoms with Gasteiger partial charge >= 0.3 is 0 Å². The van der Waals surface area contributed by atoms with E-state index in [-0.39, 0.29) is 5.75 Å². The highest BCUT2D eigenvalue weighted by atomic mass is 35.7. The monoisotopic (exact) mass is 254 g/mol. The van der Waals surface area contributed by atoms with Crippen LogP contribution in [0.15, 0.2) is 0 Å². The molecule has 0 atom stereocenters. The van der Waals surface area contributed by atoms with Gasteiger partial charge in [-0.05, 0) is 38.0 Å². The minimum absolute atomic E-state index is 0.0116. The maximum Gasteiger partial charge on any atom is 0.232 e. The molecule has 1 fully saturated rings. The van der Waals surface area contributed by atoms with Crippen LogP contribution in [0.2, 0.25) is 0 Å². The zero-order chi connectivity index (χ0) is 11.3. The molecule has 1 rings (SSSR count). The Bertz CT molecular complexity index is 268. The average molecular weight is 255 g/mol. The third-order valence-electron chi connectivity index (χ3n) is 2.85. The van der Waals surface area contributed by atoms with Gasteiger partial charge in [-0.3, -0.25) is 0 Å². The van der Waals surface area contributed by atoms with Gasteiger partial charge in [0.2, 0.25) is 9.05 Å². The summed E-state index contributed by atoms with van der Waals surface area (Å²) in [5.74, 6) is 0.825. The van der Waals surface area contributed by atoms with E-state index in [9.17, 15) is 8.42 Å². The Morgan fingerprint density at radius 1 is 1.27 bits per heavy atom. The van der Waals surface area contributed by atoms with Crippen molar-refractivity contribution < 1.29 is 13.2 Å². The fourth-order valence-corrected chi connectivity index (χ4v) is 2.67. The molecule has 1 aliphatic rings. The summed E-state index contributed by atoms with van der Waals surface area (Å²) in [6.45, 7) is 2.77. The van der Waals surface area contributed by atoms with E-state index in [1.54, 1.807) is 0 Å². The Morgan fingerprint density at radius 3 is 2.40 bits per heavy atom. The van der Waals surface area contributed by atoms with Crippen LogP contribution in [0.4, 0.5) is 0 Å². The number of hydrogen-bond acceptors (Lipinski definition) is 3. The Hall–Kier alpha value is 0.200. The molecule has 15 heavy (non-hydrogen) atoms. The Balaban J connectivity index is 2.06. The summed E-state index contributed by atoms with van der Waals surface area (Å²) in [4.78, 5) is 0. The molecule has 90 valence electrons. The molecule has 0 spiro atoms. The predicted octanol–water partition coefficient (Wildman–Crippen LogP) is 2.54. The fraction of sp³-hybridized carbons (Fsp3) is 1.00. The van der Waals surface area contributed by atoms with Gasteiger partial charge in [0.1, 0.15) is 0 Å². The maximum absolute atomic E-state index is 10.6. The van der Waals surface area contributed by atoms with E-state index >= 15 is 0 Å². The van der Waals surface area contributed by atoms with Crippen molar-refractivity contribution in [2.45, 2.75) is 45.1 Å². The van der Waals surface area contributed by atoms with E-state index in [0.717, 1.165) is 18.8 Å². The quantitative estimate of drug-likeness (QED) is 0.559. The third-order valence-corrected chi connectivity index (χ3v) is 4.09. The molecule has 5 heteroatoms. The lowest BCUT2D eigenvalue weighted by Crippen LogP contribution is -2.21. The SMILES string of the molecule is CC1CCC(OCCCS(=O)(=O)Cl)CC1. The van der Waals surface area contributed by atoms with E-state index in [4.69, 9.17) is 15.4 Å². The molecule has 0 unspecified atom stereocenters. The minimum Gasteiger partial charge on any atom is -0.378 e. The lowest BCUT2D eigenvalue weighted by molar-refractivity contribution is 0.0205. The van der Waals surface area contributed by atoms with Crippen molar-refractivity contribution in [2.24, 2.45) is 5.92 Å². The van der Waals surface area contributed by atoms with Crippen molar-refractivity contribution in [2.75, 3.05) is 12.4 Å². The summed E-state index contributed by atoms with van der Waals surface area (Å²) < 4.78 is 26.9. The number of halogens is 1. The van der Waals surface area contributed by atoms with Gasteiger partial charge in [0.05, 0.1) is 11.9 Å². The van der Waals surface area contributed by atoms with Crippen molar-refractivity contribution in [1.82, 2.24) is 0 Å². The topological polar surface area (TPSA) is 43.4 Å². The van der Waals surface area contributed by atoms with Gasteiger partial charge in [-0.2, -0.15) is 0 Å².